The number of carbonyl (C=O) groups excluding carboxylic acids is 2. The number of likely N-dealkylation sites (N-methyl/N-ethyl adjacent to an activating group) is 1. The molecule has 7 heteroatoms. The predicted octanol–water partition coefficient (Wildman–Crippen LogP) is 0.0965. The lowest BCUT2D eigenvalue weighted by molar-refractivity contribution is -0.131. The van der Waals surface area contributed by atoms with Crippen molar-refractivity contribution in [3.63, 3.8) is 0 Å². The molecule has 1 amide bonds. The fraction of sp³-hybridized carbons (Fsp3) is 0.429. The summed E-state index contributed by atoms with van der Waals surface area (Å²) in [7, 11) is 1.20. The second-order valence-electron chi connectivity index (χ2n) is 2.43. The Hall–Kier alpha value is -1.53. The number of nitrogens with one attached hydrogen (secondary N) is 1. The van der Waals surface area contributed by atoms with Gasteiger partial charge in [-0.1, -0.05) is 0 Å². The smallest absolute Gasteiger partial charge is 0.393 e. The van der Waals surface area contributed by atoms with Crippen molar-refractivity contribution in [2.24, 2.45) is 5.73 Å². The largest absolute Gasteiger partial charge is 0.394 e. The SMILES string of the molecule is CNC(=O)/C(N)=C(/C=O)CC(F)(F)F. The van der Waals surface area contributed by atoms with Gasteiger partial charge in [0, 0.05) is 12.6 Å². The van der Waals surface area contributed by atoms with Gasteiger partial charge in [-0.25, -0.2) is 0 Å². The van der Waals surface area contributed by atoms with Gasteiger partial charge in [-0.05, 0) is 0 Å². The normalized spacial score (nSPS) is 13.1. The van der Waals surface area contributed by atoms with E-state index in [1.54, 1.807) is 0 Å². The Morgan fingerprint density at radius 1 is 1.50 bits per heavy atom. The van der Waals surface area contributed by atoms with Crippen molar-refractivity contribution >= 4 is 12.2 Å². The molecule has 0 aromatic carbocycles. The fourth-order valence-corrected chi connectivity index (χ4v) is 0.697. The molecule has 0 aromatic rings. The van der Waals surface area contributed by atoms with E-state index in [0.717, 1.165) is 0 Å². The molecule has 0 spiro atoms. The molecular formula is C7H9F3N2O2. The van der Waals surface area contributed by atoms with Gasteiger partial charge in [0.05, 0.1) is 6.42 Å². The number of alkyl halides is 3. The van der Waals surface area contributed by atoms with Crippen LogP contribution in [-0.4, -0.2) is 25.4 Å². The predicted molar refractivity (Wildman–Crippen MR) is 42.0 cm³/mol. The van der Waals surface area contributed by atoms with Crippen molar-refractivity contribution in [1.82, 2.24) is 5.32 Å². The zero-order valence-corrected chi connectivity index (χ0v) is 7.31. The van der Waals surface area contributed by atoms with Crippen molar-refractivity contribution in [2.45, 2.75) is 12.6 Å². The van der Waals surface area contributed by atoms with Gasteiger partial charge in [0.25, 0.3) is 5.91 Å². The maximum absolute atomic E-state index is 11.8. The van der Waals surface area contributed by atoms with Crippen molar-refractivity contribution in [2.75, 3.05) is 7.05 Å². The van der Waals surface area contributed by atoms with E-state index >= 15 is 0 Å². The van der Waals surface area contributed by atoms with Crippen molar-refractivity contribution in [3.8, 4) is 0 Å². The van der Waals surface area contributed by atoms with Gasteiger partial charge in [-0.2, -0.15) is 13.2 Å². The second-order valence-corrected chi connectivity index (χ2v) is 2.43. The number of hydrogen-bond acceptors (Lipinski definition) is 3. The highest BCUT2D eigenvalue weighted by atomic mass is 19.4. The van der Waals surface area contributed by atoms with Gasteiger partial charge >= 0.3 is 6.18 Å². The van der Waals surface area contributed by atoms with Gasteiger partial charge in [0.2, 0.25) is 0 Å². The summed E-state index contributed by atoms with van der Waals surface area (Å²) in [5.74, 6) is -0.906. The molecule has 3 N–H and O–H groups in total. The van der Waals surface area contributed by atoms with Crippen LogP contribution >= 0.6 is 0 Å². The highest BCUT2D eigenvalue weighted by Gasteiger charge is 2.30. The Morgan fingerprint density at radius 2 is 2.00 bits per heavy atom. The number of aldehydes is 1. The third kappa shape index (κ3) is 3.92. The summed E-state index contributed by atoms with van der Waals surface area (Å²) < 4.78 is 35.5. The minimum atomic E-state index is -4.56. The third-order valence-corrected chi connectivity index (χ3v) is 1.35. The first-order chi connectivity index (χ1) is 6.31. The molecule has 4 nitrogen and oxygen atoms in total. The molecule has 14 heavy (non-hydrogen) atoms. The van der Waals surface area contributed by atoms with Gasteiger partial charge in [-0.3, -0.25) is 9.59 Å². The molecule has 0 unspecified atom stereocenters. The van der Waals surface area contributed by atoms with Crippen LogP contribution in [0.3, 0.4) is 0 Å². The van der Waals surface area contributed by atoms with E-state index in [1.807, 2.05) is 5.32 Å². The van der Waals surface area contributed by atoms with E-state index in [9.17, 15) is 22.8 Å². The van der Waals surface area contributed by atoms with Gasteiger partial charge in [-0.15, -0.1) is 0 Å². The molecule has 0 aliphatic carbocycles. The molecule has 0 aliphatic heterocycles. The maximum atomic E-state index is 11.8. The Balaban J connectivity index is 4.86. The van der Waals surface area contributed by atoms with E-state index < -0.39 is 29.8 Å². The summed E-state index contributed by atoms with van der Waals surface area (Å²) in [4.78, 5) is 21.0. The summed E-state index contributed by atoms with van der Waals surface area (Å²) in [6, 6.07) is 0. The fourth-order valence-electron chi connectivity index (χ4n) is 0.697. The van der Waals surface area contributed by atoms with Crippen LogP contribution in [0.25, 0.3) is 0 Å². The Morgan fingerprint density at radius 3 is 2.29 bits per heavy atom. The van der Waals surface area contributed by atoms with E-state index in [1.165, 1.54) is 7.05 Å². The average molecular weight is 210 g/mol. The zero-order chi connectivity index (χ0) is 11.4. The quantitative estimate of drug-likeness (QED) is 0.512. The first kappa shape index (κ1) is 12.5. The van der Waals surface area contributed by atoms with Crippen molar-refractivity contribution in [1.29, 1.82) is 0 Å². The van der Waals surface area contributed by atoms with Crippen LogP contribution in [0.1, 0.15) is 6.42 Å². The van der Waals surface area contributed by atoms with Crippen LogP contribution in [0, 0.1) is 0 Å². The average Bonchev–Trinajstić information content (AvgIpc) is 2.10. The molecular weight excluding hydrogens is 201 g/mol. The Labute approximate surface area is 77.9 Å². The Bertz CT molecular complexity index is 271. The Kier molecular flexibility index (Phi) is 4.13. The lowest BCUT2D eigenvalue weighted by Crippen LogP contribution is -2.27. The number of carbonyl (C=O) groups is 2. The van der Waals surface area contributed by atoms with E-state index in [4.69, 9.17) is 5.73 Å². The number of nitrogens with two attached hydrogens (primary N) is 1. The molecule has 0 aliphatic rings. The number of allylic oxidation sites excluding steroid dienone is 1. The maximum Gasteiger partial charge on any atom is 0.393 e. The van der Waals surface area contributed by atoms with Crippen LogP contribution in [0.15, 0.2) is 11.3 Å². The molecule has 0 fully saturated rings. The molecule has 0 radical (unpaired) electrons. The van der Waals surface area contributed by atoms with Gasteiger partial charge in [0.1, 0.15) is 12.0 Å². The molecule has 0 bridgehead atoms. The van der Waals surface area contributed by atoms with E-state index in [-0.39, 0.29) is 6.29 Å². The number of hydrogen-bond donors (Lipinski definition) is 2. The molecule has 0 saturated heterocycles. The van der Waals surface area contributed by atoms with E-state index in [0.29, 0.717) is 0 Å². The minimum absolute atomic E-state index is 0.0714. The molecule has 0 heterocycles. The zero-order valence-electron chi connectivity index (χ0n) is 7.31. The standard InChI is InChI=1S/C7H9F3N2O2/c1-12-6(14)5(11)4(3-13)2-7(8,9)10/h3H,2,11H2,1H3,(H,12,14)/b5-4-. The minimum Gasteiger partial charge on any atom is -0.394 e. The second kappa shape index (κ2) is 4.64. The number of halogens is 3. The number of rotatable bonds is 3. The highest BCUT2D eigenvalue weighted by molar-refractivity contribution is 5.97. The lowest BCUT2D eigenvalue weighted by atomic mass is 10.1. The van der Waals surface area contributed by atoms with Gasteiger partial charge in [0.15, 0.2) is 0 Å². The van der Waals surface area contributed by atoms with Crippen LogP contribution in [0.5, 0.6) is 0 Å². The number of amides is 1. The van der Waals surface area contributed by atoms with Crippen LogP contribution in [0.2, 0.25) is 0 Å². The first-order valence-corrected chi connectivity index (χ1v) is 3.54. The molecule has 0 atom stereocenters. The van der Waals surface area contributed by atoms with Crippen LogP contribution < -0.4 is 11.1 Å². The third-order valence-electron chi connectivity index (χ3n) is 1.35. The van der Waals surface area contributed by atoms with Crippen LogP contribution in [-0.2, 0) is 9.59 Å². The lowest BCUT2D eigenvalue weighted by Gasteiger charge is -2.08. The monoisotopic (exact) mass is 210 g/mol. The summed E-state index contributed by atoms with van der Waals surface area (Å²) in [6.45, 7) is 0. The summed E-state index contributed by atoms with van der Waals surface area (Å²) in [6.07, 6.45) is -6.14. The molecule has 0 rings (SSSR count). The van der Waals surface area contributed by atoms with E-state index in [2.05, 4.69) is 0 Å². The molecule has 0 aromatic heterocycles. The summed E-state index contributed by atoms with van der Waals surface area (Å²) in [5.41, 5.74) is 3.55. The van der Waals surface area contributed by atoms with Crippen molar-refractivity contribution in [3.05, 3.63) is 11.3 Å². The summed E-state index contributed by atoms with van der Waals surface area (Å²) in [5, 5.41) is 2.02. The molecule has 80 valence electrons. The molecule has 0 saturated carbocycles. The van der Waals surface area contributed by atoms with Gasteiger partial charge < -0.3 is 11.1 Å². The van der Waals surface area contributed by atoms with Crippen molar-refractivity contribution < 1.29 is 22.8 Å². The highest BCUT2D eigenvalue weighted by Crippen LogP contribution is 2.24. The first-order valence-electron chi connectivity index (χ1n) is 3.54. The van der Waals surface area contributed by atoms with Crippen LogP contribution in [0.4, 0.5) is 13.2 Å². The topological polar surface area (TPSA) is 72.2 Å². The summed E-state index contributed by atoms with van der Waals surface area (Å²) >= 11 is 0.